The Bertz CT molecular complexity index is 527. The van der Waals surface area contributed by atoms with Crippen molar-refractivity contribution in [2.45, 2.75) is 38.6 Å². The Morgan fingerprint density at radius 2 is 2.05 bits per heavy atom. The van der Waals surface area contributed by atoms with Gasteiger partial charge in [-0.1, -0.05) is 19.1 Å². The molecular weight excluding hydrogens is 258 g/mol. The topological polar surface area (TPSA) is 9.72 Å². The molecule has 3 heteroatoms. The van der Waals surface area contributed by atoms with Crippen molar-refractivity contribution in [1.29, 1.82) is 0 Å². The van der Waals surface area contributed by atoms with Crippen molar-refractivity contribution in [3.63, 3.8) is 0 Å². The average molecular weight is 285 g/mol. The number of piperidine rings is 1. The van der Waals surface area contributed by atoms with Crippen LogP contribution >= 0.6 is 0 Å². The van der Waals surface area contributed by atoms with Crippen LogP contribution in [0.4, 0.5) is 11.4 Å². The molecular formula is C18H27N3. The first-order valence-corrected chi connectivity index (χ1v) is 8.70. The number of hydrogen-bond acceptors (Lipinski definition) is 3. The largest absolute Gasteiger partial charge is 0.368 e. The Morgan fingerprint density at radius 3 is 2.86 bits per heavy atom. The summed E-state index contributed by atoms with van der Waals surface area (Å²) in [7, 11) is 0. The van der Waals surface area contributed by atoms with Crippen molar-refractivity contribution in [3.05, 3.63) is 23.8 Å². The number of benzene rings is 1. The molecule has 3 heterocycles. The summed E-state index contributed by atoms with van der Waals surface area (Å²) in [6.45, 7) is 11.9. The fourth-order valence-electron chi connectivity index (χ4n) is 4.74. The number of anilines is 2. The summed E-state index contributed by atoms with van der Waals surface area (Å²) in [5.74, 6) is 0.733. The number of hydrogen-bond donors (Lipinski definition) is 0. The Balaban J connectivity index is 1.71. The van der Waals surface area contributed by atoms with Crippen LogP contribution in [0, 0.1) is 0 Å². The van der Waals surface area contributed by atoms with Gasteiger partial charge in [0.25, 0.3) is 0 Å². The van der Waals surface area contributed by atoms with Crippen molar-refractivity contribution < 1.29 is 0 Å². The highest BCUT2D eigenvalue weighted by molar-refractivity contribution is 5.81. The Kier molecular flexibility index (Phi) is 3.33. The van der Waals surface area contributed by atoms with Gasteiger partial charge in [0.2, 0.25) is 0 Å². The zero-order valence-electron chi connectivity index (χ0n) is 13.4. The van der Waals surface area contributed by atoms with Gasteiger partial charge in [-0.25, -0.2) is 0 Å². The normalized spacial score (nSPS) is 27.7. The highest BCUT2D eigenvalue weighted by Gasteiger charge is 2.44. The molecule has 4 rings (SSSR count). The second-order valence-electron chi connectivity index (χ2n) is 6.75. The van der Waals surface area contributed by atoms with Crippen LogP contribution in [0.2, 0.25) is 0 Å². The molecule has 0 aromatic heterocycles. The molecule has 0 saturated carbocycles. The lowest BCUT2D eigenvalue weighted by Crippen LogP contribution is -2.49. The first kappa shape index (κ1) is 13.4. The molecule has 1 aromatic rings. The molecule has 0 amide bonds. The lowest BCUT2D eigenvalue weighted by Gasteiger charge is -2.42. The van der Waals surface area contributed by atoms with E-state index in [0.717, 1.165) is 18.5 Å². The maximum absolute atomic E-state index is 2.74. The van der Waals surface area contributed by atoms with Crippen LogP contribution in [0.25, 0.3) is 0 Å². The standard InChI is InChI=1S/C18H27N3/c1-3-9-19-10-8-16-15(13-19)14-6-5-7-17-18(14)21(16)12-11-20(17)4-2/h5-7,15-16H,3-4,8-13H2,1-2H3. The maximum Gasteiger partial charge on any atom is 0.0644 e. The summed E-state index contributed by atoms with van der Waals surface area (Å²) >= 11 is 0. The molecule has 1 fully saturated rings. The Hall–Kier alpha value is -1.22. The smallest absolute Gasteiger partial charge is 0.0644 e. The number of rotatable bonds is 3. The van der Waals surface area contributed by atoms with E-state index in [4.69, 9.17) is 0 Å². The van der Waals surface area contributed by atoms with E-state index >= 15 is 0 Å². The molecule has 1 aromatic carbocycles. The van der Waals surface area contributed by atoms with Crippen molar-refractivity contribution in [1.82, 2.24) is 4.90 Å². The minimum absolute atomic E-state index is 0.733. The molecule has 1 saturated heterocycles. The van der Waals surface area contributed by atoms with Gasteiger partial charge in [-0.15, -0.1) is 0 Å². The van der Waals surface area contributed by atoms with E-state index in [1.165, 1.54) is 51.3 Å². The van der Waals surface area contributed by atoms with Crippen molar-refractivity contribution in [2.75, 3.05) is 49.1 Å². The van der Waals surface area contributed by atoms with Gasteiger partial charge in [0, 0.05) is 44.7 Å². The highest BCUT2D eigenvalue weighted by atomic mass is 15.3. The van der Waals surface area contributed by atoms with Crippen LogP contribution in [0.3, 0.4) is 0 Å². The van der Waals surface area contributed by atoms with E-state index < -0.39 is 0 Å². The molecule has 3 aliphatic heterocycles. The van der Waals surface area contributed by atoms with E-state index in [1.807, 2.05) is 0 Å². The van der Waals surface area contributed by atoms with Crippen LogP contribution in [-0.4, -0.2) is 50.2 Å². The minimum atomic E-state index is 0.733. The van der Waals surface area contributed by atoms with Gasteiger partial charge in [0.05, 0.1) is 11.4 Å². The molecule has 0 aliphatic carbocycles. The van der Waals surface area contributed by atoms with Crippen LogP contribution in [0.1, 0.15) is 38.2 Å². The zero-order chi connectivity index (χ0) is 14.4. The second kappa shape index (κ2) is 5.20. The number of likely N-dealkylation sites (N-methyl/N-ethyl adjacent to an activating group) is 1. The lowest BCUT2D eigenvalue weighted by molar-refractivity contribution is 0.194. The van der Waals surface area contributed by atoms with E-state index in [2.05, 4.69) is 46.7 Å². The summed E-state index contributed by atoms with van der Waals surface area (Å²) in [6, 6.07) is 7.76. The average Bonchev–Trinajstić information content (AvgIpc) is 2.84. The summed E-state index contributed by atoms with van der Waals surface area (Å²) in [6.07, 6.45) is 2.61. The molecule has 3 nitrogen and oxygen atoms in total. The highest BCUT2D eigenvalue weighted by Crippen LogP contribution is 2.50. The van der Waals surface area contributed by atoms with Gasteiger partial charge in [0.1, 0.15) is 0 Å². The van der Waals surface area contributed by atoms with E-state index in [1.54, 1.807) is 11.3 Å². The number of fused-ring (bicyclic) bond motifs is 3. The lowest BCUT2D eigenvalue weighted by atomic mass is 9.89. The third-order valence-corrected chi connectivity index (χ3v) is 5.67. The van der Waals surface area contributed by atoms with Gasteiger partial charge in [-0.2, -0.15) is 0 Å². The molecule has 0 radical (unpaired) electrons. The van der Waals surface area contributed by atoms with Crippen molar-refractivity contribution >= 4 is 11.4 Å². The molecule has 2 unspecified atom stereocenters. The molecule has 3 aliphatic rings. The first-order chi connectivity index (χ1) is 10.3. The molecule has 2 atom stereocenters. The summed E-state index contributed by atoms with van der Waals surface area (Å²) < 4.78 is 0. The molecule has 0 bridgehead atoms. The van der Waals surface area contributed by atoms with Crippen LogP contribution in [-0.2, 0) is 0 Å². The summed E-state index contributed by atoms with van der Waals surface area (Å²) in [5, 5.41) is 0. The molecule has 114 valence electrons. The number of nitrogens with zero attached hydrogens (tertiary/aromatic N) is 3. The third-order valence-electron chi connectivity index (χ3n) is 5.67. The quantitative estimate of drug-likeness (QED) is 0.845. The van der Waals surface area contributed by atoms with E-state index in [-0.39, 0.29) is 0 Å². The number of para-hydroxylation sites is 1. The monoisotopic (exact) mass is 285 g/mol. The van der Waals surface area contributed by atoms with Crippen LogP contribution < -0.4 is 9.80 Å². The maximum atomic E-state index is 2.74. The third kappa shape index (κ3) is 1.97. The Morgan fingerprint density at radius 1 is 1.14 bits per heavy atom. The fraction of sp³-hybridized carbons (Fsp3) is 0.667. The molecule has 0 N–H and O–H groups in total. The predicted molar refractivity (Wildman–Crippen MR) is 89.6 cm³/mol. The van der Waals surface area contributed by atoms with Crippen LogP contribution in [0.5, 0.6) is 0 Å². The van der Waals surface area contributed by atoms with Crippen LogP contribution in [0.15, 0.2) is 18.2 Å². The molecule has 21 heavy (non-hydrogen) atoms. The predicted octanol–water partition coefficient (Wildman–Crippen LogP) is 2.91. The van der Waals surface area contributed by atoms with Gasteiger partial charge in [0.15, 0.2) is 0 Å². The van der Waals surface area contributed by atoms with E-state index in [0.29, 0.717) is 0 Å². The second-order valence-corrected chi connectivity index (χ2v) is 6.75. The van der Waals surface area contributed by atoms with Gasteiger partial charge >= 0.3 is 0 Å². The summed E-state index contributed by atoms with van der Waals surface area (Å²) in [5.41, 5.74) is 4.67. The first-order valence-electron chi connectivity index (χ1n) is 8.70. The number of likely N-dealkylation sites (tertiary alicyclic amines) is 1. The molecule has 0 spiro atoms. The van der Waals surface area contributed by atoms with Gasteiger partial charge in [-0.05, 0) is 37.9 Å². The van der Waals surface area contributed by atoms with Crippen molar-refractivity contribution in [3.8, 4) is 0 Å². The van der Waals surface area contributed by atoms with Gasteiger partial charge < -0.3 is 14.7 Å². The SMILES string of the molecule is CCCN1CCC2C(C1)c1cccc3c1N2CCN3CC. The fourth-order valence-corrected chi connectivity index (χ4v) is 4.74. The van der Waals surface area contributed by atoms with Crippen molar-refractivity contribution in [2.24, 2.45) is 0 Å². The minimum Gasteiger partial charge on any atom is -0.368 e. The van der Waals surface area contributed by atoms with Gasteiger partial charge in [-0.3, -0.25) is 0 Å². The summed E-state index contributed by atoms with van der Waals surface area (Å²) in [4.78, 5) is 7.97. The Labute approximate surface area is 128 Å². The zero-order valence-corrected chi connectivity index (χ0v) is 13.4. The van der Waals surface area contributed by atoms with E-state index in [9.17, 15) is 0 Å².